The first-order valence-electron chi connectivity index (χ1n) is 8.08. The molecule has 0 bridgehead atoms. The average molecular weight is 376 g/mol. The van der Waals surface area contributed by atoms with E-state index in [1.807, 2.05) is 0 Å². The van der Waals surface area contributed by atoms with Crippen molar-refractivity contribution in [1.82, 2.24) is 0 Å². The van der Waals surface area contributed by atoms with Crippen molar-refractivity contribution in [3.8, 4) is 11.5 Å². The molecule has 0 atom stereocenters. The van der Waals surface area contributed by atoms with Crippen molar-refractivity contribution in [3.05, 3.63) is 48.0 Å². The third kappa shape index (κ3) is 3.60. The van der Waals surface area contributed by atoms with Gasteiger partial charge in [-0.25, -0.2) is 8.42 Å². The number of sulfonamides is 1. The van der Waals surface area contributed by atoms with Crippen LogP contribution >= 0.6 is 0 Å². The third-order valence-corrected chi connectivity index (χ3v) is 6.01. The number of ether oxygens (including phenoxy) is 2. The summed E-state index contributed by atoms with van der Waals surface area (Å²) in [6.07, 6.45) is 0.563. The monoisotopic (exact) mass is 376 g/mol. The van der Waals surface area contributed by atoms with Crippen LogP contribution in [-0.2, 0) is 10.0 Å². The largest absolute Gasteiger partial charge is 0.497 e. The van der Waals surface area contributed by atoms with Gasteiger partial charge < -0.3 is 14.8 Å². The Hall–Kier alpha value is -2.74. The van der Waals surface area contributed by atoms with Gasteiger partial charge in [-0.3, -0.25) is 9.10 Å². The first kappa shape index (κ1) is 18.1. The summed E-state index contributed by atoms with van der Waals surface area (Å²) in [7, 11) is -0.312. The number of hydrogen-bond acceptors (Lipinski definition) is 5. The predicted octanol–water partition coefficient (Wildman–Crippen LogP) is 2.50. The Labute approximate surface area is 152 Å². The molecule has 0 unspecified atom stereocenters. The van der Waals surface area contributed by atoms with Gasteiger partial charge in [-0.2, -0.15) is 0 Å². The lowest BCUT2D eigenvalue weighted by molar-refractivity contribution is 0.102. The minimum Gasteiger partial charge on any atom is -0.497 e. The fourth-order valence-corrected chi connectivity index (χ4v) is 4.38. The molecular weight excluding hydrogens is 356 g/mol. The number of nitrogens with zero attached hydrogens (tertiary/aromatic N) is 1. The molecule has 8 heteroatoms. The van der Waals surface area contributed by atoms with Crippen LogP contribution in [0.25, 0.3) is 0 Å². The van der Waals surface area contributed by atoms with E-state index in [1.54, 1.807) is 49.6 Å². The van der Waals surface area contributed by atoms with E-state index in [0.29, 0.717) is 41.4 Å². The van der Waals surface area contributed by atoms with E-state index in [1.165, 1.54) is 11.4 Å². The van der Waals surface area contributed by atoms with E-state index in [-0.39, 0.29) is 11.7 Å². The van der Waals surface area contributed by atoms with Gasteiger partial charge in [0.05, 0.1) is 25.7 Å². The number of carbonyl (C=O) groups excluding carboxylic acids is 1. The fourth-order valence-electron chi connectivity index (χ4n) is 2.82. The van der Waals surface area contributed by atoms with Gasteiger partial charge in [0.2, 0.25) is 10.0 Å². The van der Waals surface area contributed by atoms with Crippen LogP contribution in [0, 0.1) is 0 Å². The number of nitrogens with one attached hydrogen (secondary N) is 1. The van der Waals surface area contributed by atoms with Gasteiger partial charge in [0, 0.05) is 17.8 Å². The zero-order valence-electron chi connectivity index (χ0n) is 14.6. The van der Waals surface area contributed by atoms with Crippen molar-refractivity contribution >= 4 is 27.3 Å². The average Bonchev–Trinajstić information content (AvgIpc) is 3.00. The third-order valence-electron chi connectivity index (χ3n) is 4.16. The molecule has 0 aliphatic carbocycles. The van der Waals surface area contributed by atoms with E-state index < -0.39 is 10.0 Å². The molecule has 1 amide bonds. The standard InChI is InChI=1S/C18H20N2O5S/c1-24-15-7-4-13(5-8-15)18(21)19-14-6-9-17(25-2)16(12-14)20-10-3-11-26(20,22)23/h4-9,12H,3,10-11H2,1-2H3,(H,19,21). The van der Waals surface area contributed by atoms with Crippen molar-refractivity contribution in [1.29, 1.82) is 0 Å². The van der Waals surface area contributed by atoms with Crippen molar-refractivity contribution < 1.29 is 22.7 Å². The Morgan fingerprint density at radius 3 is 2.38 bits per heavy atom. The van der Waals surface area contributed by atoms with Gasteiger partial charge in [0.25, 0.3) is 5.91 Å². The van der Waals surface area contributed by atoms with Crippen LogP contribution in [0.3, 0.4) is 0 Å². The van der Waals surface area contributed by atoms with Gasteiger partial charge in [0.15, 0.2) is 0 Å². The van der Waals surface area contributed by atoms with E-state index in [9.17, 15) is 13.2 Å². The lowest BCUT2D eigenvalue weighted by atomic mass is 10.2. The van der Waals surface area contributed by atoms with E-state index in [0.717, 1.165) is 0 Å². The second-order valence-corrected chi connectivity index (χ2v) is 7.82. The second-order valence-electron chi connectivity index (χ2n) is 5.81. The zero-order valence-corrected chi connectivity index (χ0v) is 15.4. The summed E-state index contributed by atoms with van der Waals surface area (Å²) in [6.45, 7) is 0.397. The van der Waals surface area contributed by atoms with Crippen molar-refractivity contribution in [3.63, 3.8) is 0 Å². The molecule has 2 aromatic carbocycles. The normalized spacial score (nSPS) is 15.5. The van der Waals surface area contributed by atoms with Crippen LogP contribution in [0.15, 0.2) is 42.5 Å². The van der Waals surface area contributed by atoms with Crippen molar-refractivity contribution in [2.45, 2.75) is 6.42 Å². The minimum atomic E-state index is -3.35. The summed E-state index contributed by atoms with van der Waals surface area (Å²) in [5.41, 5.74) is 1.39. The van der Waals surface area contributed by atoms with Gasteiger partial charge in [-0.1, -0.05) is 0 Å². The molecular formula is C18H20N2O5S. The summed E-state index contributed by atoms with van der Waals surface area (Å²) >= 11 is 0. The Morgan fingerprint density at radius 2 is 1.81 bits per heavy atom. The highest BCUT2D eigenvalue weighted by Crippen LogP contribution is 2.35. The molecule has 0 spiro atoms. The number of amides is 1. The molecule has 1 heterocycles. The van der Waals surface area contributed by atoms with Gasteiger partial charge in [-0.05, 0) is 48.9 Å². The molecule has 0 radical (unpaired) electrons. The highest BCUT2D eigenvalue weighted by molar-refractivity contribution is 7.93. The molecule has 0 saturated carbocycles. The topological polar surface area (TPSA) is 84.9 Å². The molecule has 3 rings (SSSR count). The second kappa shape index (κ2) is 7.25. The number of carbonyl (C=O) groups is 1. The summed E-state index contributed by atoms with van der Waals surface area (Å²) in [5, 5.41) is 2.78. The quantitative estimate of drug-likeness (QED) is 0.867. The van der Waals surface area contributed by atoms with Crippen molar-refractivity contribution in [2.24, 2.45) is 0 Å². The molecule has 7 nitrogen and oxygen atoms in total. The highest BCUT2D eigenvalue weighted by Gasteiger charge is 2.30. The summed E-state index contributed by atoms with van der Waals surface area (Å²) in [5.74, 6) is 0.914. The molecule has 1 aliphatic heterocycles. The van der Waals surface area contributed by atoms with Crippen LogP contribution in [0.2, 0.25) is 0 Å². The lowest BCUT2D eigenvalue weighted by Gasteiger charge is -2.20. The van der Waals surface area contributed by atoms with Crippen LogP contribution in [-0.4, -0.2) is 40.8 Å². The van der Waals surface area contributed by atoms with Gasteiger partial charge in [-0.15, -0.1) is 0 Å². The minimum absolute atomic E-state index is 0.110. The SMILES string of the molecule is COc1ccc(C(=O)Nc2ccc(OC)c(N3CCCS3(=O)=O)c2)cc1. The van der Waals surface area contributed by atoms with Crippen molar-refractivity contribution in [2.75, 3.05) is 36.1 Å². The zero-order chi connectivity index (χ0) is 18.7. The number of benzene rings is 2. The number of hydrogen-bond donors (Lipinski definition) is 1. The fraction of sp³-hybridized carbons (Fsp3) is 0.278. The molecule has 1 aliphatic rings. The maximum absolute atomic E-state index is 12.4. The number of methoxy groups -OCH3 is 2. The molecule has 26 heavy (non-hydrogen) atoms. The molecule has 1 saturated heterocycles. The van der Waals surface area contributed by atoms with Gasteiger partial charge >= 0.3 is 0 Å². The van der Waals surface area contributed by atoms with Crippen LogP contribution in [0.4, 0.5) is 11.4 Å². The van der Waals surface area contributed by atoms with E-state index >= 15 is 0 Å². The smallest absolute Gasteiger partial charge is 0.255 e. The summed E-state index contributed by atoms with van der Waals surface area (Å²) < 4.78 is 36.1. The lowest BCUT2D eigenvalue weighted by Crippen LogP contribution is -2.25. The summed E-state index contributed by atoms with van der Waals surface area (Å²) in [4.78, 5) is 12.4. The highest BCUT2D eigenvalue weighted by atomic mass is 32.2. The van der Waals surface area contributed by atoms with Crippen LogP contribution in [0.1, 0.15) is 16.8 Å². The Morgan fingerprint density at radius 1 is 1.08 bits per heavy atom. The Balaban J connectivity index is 1.86. The summed E-state index contributed by atoms with van der Waals surface area (Å²) in [6, 6.07) is 11.6. The Kier molecular flexibility index (Phi) is 5.03. The molecule has 2 aromatic rings. The molecule has 0 aromatic heterocycles. The number of anilines is 2. The predicted molar refractivity (Wildman–Crippen MR) is 99.7 cm³/mol. The number of rotatable bonds is 5. The van der Waals surface area contributed by atoms with Gasteiger partial charge in [0.1, 0.15) is 11.5 Å². The first-order valence-corrected chi connectivity index (χ1v) is 9.69. The maximum Gasteiger partial charge on any atom is 0.255 e. The van der Waals surface area contributed by atoms with E-state index in [4.69, 9.17) is 9.47 Å². The molecule has 1 N–H and O–H groups in total. The first-order chi connectivity index (χ1) is 12.4. The maximum atomic E-state index is 12.4. The van der Waals surface area contributed by atoms with Crippen LogP contribution in [0.5, 0.6) is 11.5 Å². The molecule has 138 valence electrons. The van der Waals surface area contributed by atoms with Crippen LogP contribution < -0.4 is 19.1 Å². The Bertz CT molecular complexity index is 910. The van der Waals surface area contributed by atoms with E-state index in [2.05, 4.69) is 5.32 Å². The molecule has 1 fully saturated rings.